The van der Waals surface area contributed by atoms with Crippen molar-refractivity contribution in [3.05, 3.63) is 108 Å². The first-order valence-electron chi connectivity index (χ1n) is 8.87. The number of amides is 1. The van der Waals surface area contributed by atoms with E-state index in [2.05, 4.69) is 9.97 Å². The predicted octanol–water partition coefficient (Wildman–Crippen LogP) is 4.47. The van der Waals surface area contributed by atoms with Gasteiger partial charge in [-0.15, -0.1) is 0 Å². The normalized spacial score (nSPS) is 10.7. The molecule has 4 rings (SSSR count). The minimum atomic E-state index is -0.0894. The van der Waals surface area contributed by atoms with Crippen LogP contribution in [0, 0.1) is 0 Å². The van der Waals surface area contributed by atoms with Gasteiger partial charge in [-0.2, -0.15) is 0 Å². The number of fused-ring (bicyclic) bond motifs is 1. The van der Waals surface area contributed by atoms with E-state index in [1.807, 2.05) is 77.7 Å². The average Bonchev–Trinajstić information content (AvgIpc) is 2.74. The van der Waals surface area contributed by atoms with E-state index >= 15 is 0 Å². The van der Waals surface area contributed by atoms with Gasteiger partial charge in [0.25, 0.3) is 5.91 Å². The van der Waals surface area contributed by atoms with Gasteiger partial charge >= 0.3 is 0 Å². The van der Waals surface area contributed by atoms with Gasteiger partial charge in [0.15, 0.2) is 0 Å². The maximum absolute atomic E-state index is 13.2. The zero-order valence-electron chi connectivity index (χ0n) is 14.8. The van der Waals surface area contributed by atoms with Gasteiger partial charge in [0.1, 0.15) is 5.69 Å². The third kappa shape index (κ3) is 4.01. The summed E-state index contributed by atoms with van der Waals surface area (Å²) in [5.41, 5.74) is 3.34. The Balaban J connectivity index is 1.66. The third-order valence-electron chi connectivity index (χ3n) is 4.42. The van der Waals surface area contributed by atoms with E-state index in [0.29, 0.717) is 18.8 Å². The van der Waals surface area contributed by atoms with Gasteiger partial charge in [-0.3, -0.25) is 9.78 Å². The van der Waals surface area contributed by atoms with E-state index < -0.39 is 0 Å². The van der Waals surface area contributed by atoms with Crippen molar-refractivity contribution in [3.63, 3.8) is 0 Å². The number of carbonyl (C=O) groups excluding carboxylic acids is 1. The Morgan fingerprint density at radius 3 is 2.33 bits per heavy atom. The number of para-hydroxylation sites is 1. The highest BCUT2D eigenvalue weighted by molar-refractivity contribution is 5.94. The van der Waals surface area contributed by atoms with Crippen molar-refractivity contribution in [1.29, 1.82) is 0 Å². The molecule has 0 aliphatic heterocycles. The number of benzene rings is 2. The number of rotatable bonds is 5. The summed E-state index contributed by atoms with van der Waals surface area (Å²) >= 11 is 0. The Morgan fingerprint density at radius 2 is 1.52 bits per heavy atom. The van der Waals surface area contributed by atoms with Gasteiger partial charge in [0.2, 0.25) is 0 Å². The molecule has 0 unspecified atom stereocenters. The zero-order chi connectivity index (χ0) is 18.5. The van der Waals surface area contributed by atoms with E-state index in [9.17, 15) is 4.79 Å². The quantitative estimate of drug-likeness (QED) is 0.532. The Labute approximate surface area is 158 Å². The summed E-state index contributed by atoms with van der Waals surface area (Å²) in [6.45, 7) is 0.999. The van der Waals surface area contributed by atoms with Crippen LogP contribution in [0.2, 0.25) is 0 Å². The molecule has 0 saturated heterocycles. The average molecular weight is 353 g/mol. The summed E-state index contributed by atoms with van der Waals surface area (Å²) in [4.78, 5) is 23.8. The van der Waals surface area contributed by atoms with E-state index in [1.54, 1.807) is 18.5 Å². The second kappa shape index (κ2) is 7.79. The van der Waals surface area contributed by atoms with Crippen molar-refractivity contribution in [3.8, 4) is 0 Å². The van der Waals surface area contributed by atoms with Crippen LogP contribution in [-0.2, 0) is 13.1 Å². The summed E-state index contributed by atoms with van der Waals surface area (Å²) in [6, 6.07) is 25.4. The maximum Gasteiger partial charge on any atom is 0.273 e. The molecule has 0 atom stereocenters. The van der Waals surface area contributed by atoms with Crippen LogP contribution in [0.25, 0.3) is 10.9 Å². The lowest BCUT2D eigenvalue weighted by molar-refractivity contribution is 0.0724. The molecule has 2 aromatic carbocycles. The van der Waals surface area contributed by atoms with Crippen LogP contribution in [0.4, 0.5) is 0 Å². The van der Waals surface area contributed by atoms with Crippen molar-refractivity contribution in [2.24, 2.45) is 0 Å². The maximum atomic E-state index is 13.2. The SMILES string of the molecule is O=C(c1ccc2ccccc2n1)N(Cc1ccccc1)Cc1cccnc1. The third-order valence-corrected chi connectivity index (χ3v) is 4.42. The predicted molar refractivity (Wildman–Crippen MR) is 106 cm³/mol. The minimum Gasteiger partial charge on any atom is -0.329 e. The Hall–Kier alpha value is -3.53. The lowest BCUT2D eigenvalue weighted by Crippen LogP contribution is -2.30. The van der Waals surface area contributed by atoms with Gasteiger partial charge in [-0.05, 0) is 29.3 Å². The molecule has 0 N–H and O–H groups in total. The lowest BCUT2D eigenvalue weighted by atomic mass is 10.1. The summed E-state index contributed by atoms with van der Waals surface area (Å²) < 4.78 is 0. The number of hydrogen-bond donors (Lipinski definition) is 0. The van der Waals surface area contributed by atoms with Crippen LogP contribution >= 0.6 is 0 Å². The Bertz CT molecular complexity index is 1010. The van der Waals surface area contributed by atoms with Crippen LogP contribution in [0.3, 0.4) is 0 Å². The number of nitrogens with zero attached hydrogens (tertiary/aromatic N) is 3. The van der Waals surface area contributed by atoms with Crippen LogP contribution in [0.5, 0.6) is 0 Å². The molecule has 27 heavy (non-hydrogen) atoms. The fraction of sp³-hybridized carbons (Fsp3) is 0.0870. The molecule has 0 saturated carbocycles. The highest BCUT2D eigenvalue weighted by Gasteiger charge is 2.18. The van der Waals surface area contributed by atoms with Gasteiger partial charge in [-0.25, -0.2) is 4.98 Å². The number of carbonyl (C=O) groups is 1. The largest absolute Gasteiger partial charge is 0.329 e. The molecular weight excluding hydrogens is 334 g/mol. The fourth-order valence-electron chi connectivity index (χ4n) is 3.06. The molecule has 4 heteroatoms. The monoisotopic (exact) mass is 353 g/mol. The smallest absolute Gasteiger partial charge is 0.273 e. The van der Waals surface area contributed by atoms with Gasteiger partial charge in [0, 0.05) is 30.9 Å². The first-order chi connectivity index (χ1) is 13.3. The molecule has 0 bridgehead atoms. The van der Waals surface area contributed by atoms with Crippen LogP contribution < -0.4 is 0 Å². The van der Waals surface area contributed by atoms with Gasteiger partial charge in [0.05, 0.1) is 5.52 Å². The molecule has 4 nitrogen and oxygen atoms in total. The zero-order valence-corrected chi connectivity index (χ0v) is 14.8. The Morgan fingerprint density at radius 1 is 0.778 bits per heavy atom. The first-order valence-corrected chi connectivity index (χ1v) is 8.87. The van der Waals surface area contributed by atoms with Crippen LogP contribution in [0.1, 0.15) is 21.6 Å². The highest BCUT2D eigenvalue weighted by Crippen LogP contribution is 2.16. The summed E-state index contributed by atoms with van der Waals surface area (Å²) in [6.07, 6.45) is 3.52. The second-order valence-corrected chi connectivity index (χ2v) is 6.40. The molecule has 0 spiro atoms. The van der Waals surface area contributed by atoms with Crippen molar-refractivity contribution in [2.75, 3.05) is 0 Å². The summed E-state index contributed by atoms with van der Waals surface area (Å²) in [7, 11) is 0. The molecule has 2 aromatic heterocycles. The first kappa shape index (κ1) is 16.9. The molecular formula is C23H19N3O. The summed E-state index contributed by atoms with van der Waals surface area (Å²) in [5.74, 6) is -0.0894. The van der Waals surface area contributed by atoms with Crippen molar-refractivity contribution in [2.45, 2.75) is 13.1 Å². The van der Waals surface area contributed by atoms with Crippen LogP contribution in [-0.4, -0.2) is 20.8 Å². The van der Waals surface area contributed by atoms with Crippen molar-refractivity contribution >= 4 is 16.8 Å². The molecule has 2 heterocycles. The van der Waals surface area contributed by atoms with Gasteiger partial charge in [-0.1, -0.05) is 60.7 Å². The molecule has 0 radical (unpaired) electrons. The van der Waals surface area contributed by atoms with Crippen molar-refractivity contribution < 1.29 is 4.79 Å². The van der Waals surface area contributed by atoms with Crippen LogP contribution in [0.15, 0.2) is 91.3 Å². The number of pyridine rings is 2. The Kier molecular flexibility index (Phi) is 4.88. The van der Waals surface area contributed by atoms with E-state index in [4.69, 9.17) is 0 Å². The highest BCUT2D eigenvalue weighted by atomic mass is 16.2. The van der Waals surface area contributed by atoms with E-state index in [-0.39, 0.29) is 5.91 Å². The molecule has 0 aliphatic carbocycles. The second-order valence-electron chi connectivity index (χ2n) is 6.40. The minimum absolute atomic E-state index is 0.0894. The molecule has 132 valence electrons. The molecule has 0 fully saturated rings. The van der Waals surface area contributed by atoms with E-state index in [0.717, 1.165) is 22.0 Å². The summed E-state index contributed by atoms with van der Waals surface area (Å²) in [5, 5.41) is 1.02. The topological polar surface area (TPSA) is 46.1 Å². The molecule has 0 aliphatic rings. The number of hydrogen-bond acceptors (Lipinski definition) is 3. The standard InChI is InChI=1S/C23H19N3O/c27-23(22-13-12-20-10-4-5-11-21(20)25-22)26(16-18-7-2-1-3-8-18)17-19-9-6-14-24-15-19/h1-15H,16-17H2. The van der Waals surface area contributed by atoms with E-state index in [1.165, 1.54) is 0 Å². The number of aromatic nitrogens is 2. The molecule has 4 aromatic rings. The fourth-order valence-corrected chi connectivity index (χ4v) is 3.06. The van der Waals surface area contributed by atoms with Gasteiger partial charge < -0.3 is 4.90 Å². The molecule has 1 amide bonds. The lowest BCUT2D eigenvalue weighted by Gasteiger charge is -2.23. The van der Waals surface area contributed by atoms with Crippen molar-refractivity contribution in [1.82, 2.24) is 14.9 Å².